The van der Waals surface area contributed by atoms with E-state index in [0.717, 1.165) is 5.56 Å². The number of non-ortho nitro benzene ring substituents is 1. The van der Waals surface area contributed by atoms with Crippen molar-refractivity contribution in [3.05, 3.63) is 69.4 Å². The van der Waals surface area contributed by atoms with Gasteiger partial charge >= 0.3 is 0 Å². The lowest BCUT2D eigenvalue weighted by Gasteiger charge is -2.05. The van der Waals surface area contributed by atoms with Crippen molar-refractivity contribution in [1.82, 2.24) is 5.16 Å². The molecule has 128 valence electrons. The number of aromatic nitrogens is 1. The summed E-state index contributed by atoms with van der Waals surface area (Å²) < 4.78 is 16.1. The fourth-order valence-electron chi connectivity index (χ4n) is 2.23. The van der Waals surface area contributed by atoms with E-state index < -0.39 is 4.92 Å². The number of ether oxygens (including phenoxy) is 2. The van der Waals surface area contributed by atoms with Gasteiger partial charge in [0.15, 0.2) is 5.76 Å². The Balaban J connectivity index is 1.73. The second-order valence-electron chi connectivity index (χ2n) is 5.04. The quantitative estimate of drug-likeness (QED) is 0.475. The van der Waals surface area contributed by atoms with Gasteiger partial charge in [-0.1, -0.05) is 28.9 Å². The zero-order chi connectivity index (χ0) is 17.8. The van der Waals surface area contributed by atoms with Gasteiger partial charge in [-0.3, -0.25) is 10.1 Å². The summed E-state index contributed by atoms with van der Waals surface area (Å²) in [5.41, 5.74) is 1.31. The number of rotatable bonds is 6. The topological polar surface area (TPSA) is 87.6 Å². The monoisotopic (exact) mass is 360 g/mol. The fourth-order valence-corrected chi connectivity index (χ4v) is 2.46. The van der Waals surface area contributed by atoms with Gasteiger partial charge in [0.05, 0.1) is 17.1 Å². The summed E-state index contributed by atoms with van der Waals surface area (Å²) in [5, 5.41) is 14.9. The van der Waals surface area contributed by atoms with E-state index in [1.54, 1.807) is 13.2 Å². The van der Waals surface area contributed by atoms with E-state index in [9.17, 15) is 10.1 Å². The third kappa shape index (κ3) is 3.72. The summed E-state index contributed by atoms with van der Waals surface area (Å²) in [5.74, 6) is 1.49. The Labute approximate surface area is 147 Å². The molecule has 3 rings (SSSR count). The van der Waals surface area contributed by atoms with Crippen molar-refractivity contribution in [2.45, 2.75) is 6.61 Å². The molecule has 1 aromatic heterocycles. The minimum Gasteiger partial charge on any atom is -0.496 e. The number of nitro groups is 1. The maximum atomic E-state index is 10.7. The molecule has 0 aliphatic rings. The van der Waals surface area contributed by atoms with Crippen LogP contribution in [0.5, 0.6) is 11.5 Å². The van der Waals surface area contributed by atoms with Gasteiger partial charge in [-0.25, -0.2) is 0 Å². The van der Waals surface area contributed by atoms with Crippen LogP contribution in [0.2, 0.25) is 5.02 Å². The molecule has 0 amide bonds. The minimum absolute atomic E-state index is 0.0830. The third-order valence-electron chi connectivity index (χ3n) is 3.44. The van der Waals surface area contributed by atoms with Crippen LogP contribution in [-0.2, 0) is 6.61 Å². The smallest absolute Gasteiger partial charge is 0.271 e. The Bertz CT molecular complexity index is 910. The number of benzene rings is 2. The fraction of sp³-hybridized carbons (Fsp3) is 0.118. The van der Waals surface area contributed by atoms with Crippen LogP contribution in [0.15, 0.2) is 53.1 Å². The molecule has 0 aliphatic heterocycles. The average Bonchev–Trinajstić information content (AvgIpc) is 3.09. The number of nitrogens with zero attached hydrogens (tertiary/aromatic N) is 2. The van der Waals surface area contributed by atoms with Gasteiger partial charge < -0.3 is 14.0 Å². The lowest BCUT2D eigenvalue weighted by Crippen LogP contribution is -1.95. The molecule has 1 heterocycles. The molecule has 0 spiro atoms. The van der Waals surface area contributed by atoms with Crippen molar-refractivity contribution in [2.75, 3.05) is 7.11 Å². The van der Waals surface area contributed by atoms with Crippen LogP contribution in [0.4, 0.5) is 5.69 Å². The first kappa shape index (κ1) is 16.8. The zero-order valence-electron chi connectivity index (χ0n) is 13.1. The second kappa shape index (κ2) is 7.23. The minimum atomic E-state index is -0.522. The SMILES string of the molecule is COc1ccccc1-c1cc(COc2ccc([N+](=O)[O-])cc2Cl)on1. The van der Waals surface area contributed by atoms with Crippen molar-refractivity contribution in [1.29, 1.82) is 0 Å². The van der Waals surface area contributed by atoms with Gasteiger partial charge in [-0.15, -0.1) is 0 Å². The normalized spacial score (nSPS) is 10.5. The van der Waals surface area contributed by atoms with Gasteiger partial charge in [0, 0.05) is 23.8 Å². The highest BCUT2D eigenvalue weighted by Crippen LogP contribution is 2.31. The highest BCUT2D eigenvalue weighted by Gasteiger charge is 2.13. The number of hydrogen-bond donors (Lipinski definition) is 0. The average molecular weight is 361 g/mol. The molecular formula is C17H13ClN2O5. The Morgan fingerprint density at radius 2 is 2.00 bits per heavy atom. The van der Waals surface area contributed by atoms with Crippen LogP contribution < -0.4 is 9.47 Å². The molecule has 0 fully saturated rings. The summed E-state index contributed by atoms with van der Waals surface area (Å²) in [7, 11) is 1.58. The lowest BCUT2D eigenvalue weighted by molar-refractivity contribution is -0.384. The highest BCUT2D eigenvalue weighted by molar-refractivity contribution is 6.32. The van der Waals surface area contributed by atoms with Crippen LogP contribution in [0, 0.1) is 10.1 Å². The molecule has 0 atom stereocenters. The van der Waals surface area contributed by atoms with Crippen LogP contribution >= 0.6 is 11.6 Å². The summed E-state index contributed by atoms with van der Waals surface area (Å²) in [4.78, 5) is 10.2. The van der Waals surface area contributed by atoms with E-state index in [2.05, 4.69) is 5.16 Å². The molecule has 0 saturated heterocycles. The number of hydrogen-bond acceptors (Lipinski definition) is 6. The predicted molar refractivity (Wildman–Crippen MR) is 90.9 cm³/mol. The Kier molecular flexibility index (Phi) is 4.85. The highest BCUT2D eigenvalue weighted by atomic mass is 35.5. The van der Waals surface area contributed by atoms with E-state index in [-0.39, 0.29) is 17.3 Å². The standard InChI is InChI=1S/C17H13ClN2O5/c1-23-16-5-3-2-4-13(16)15-9-12(25-19-15)10-24-17-7-6-11(20(21)22)8-14(17)18/h2-9H,10H2,1H3. The first-order valence-electron chi connectivity index (χ1n) is 7.24. The first-order chi connectivity index (χ1) is 12.1. The molecule has 0 saturated carbocycles. The van der Waals surface area contributed by atoms with Gasteiger partial charge in [-0.2, -0.15) is 0 Å². The maximum absolute atomic E-state index is 10.7. The van der Waals surface area contributed by atoms with E-state index in [0.29, 0.717) is 23.0 Å². The molecule has 0 bridgehead atoms. The number of para-hydroxylation sites is 1. The number of nitro benzene ring substituents is 1. The molecule has 2 aromatic carbocycles. The van der Waals surface area contributed by atoms with Crippen molar-refractivity contribution in [2.24, 2.45) is 0 Å². The molecule has 0 N–H and O–H groups in total. The van der Waals surface area contributed by atoms with Gasteiger partial charge in [0.25, 0.3) is 5.69 Å². The summed E-state index contributed by atoms with van der Waals surface area (Å²) in [6.45, 7) is 0.0830. The summed E-state index contributed by atoms with van der Waals surface area (Å²) in [6, 6.07) is 13.2. The number of halogens is 1. The molecule has 0 radical (unpaired) electrons. The lowest BCUT2D eigenvalue weighted by atomic mass is 10.1. The first-order valence-corrected chi connectivity index (χ1v) is 7.62. The molecule has 8 heteroatoms. The summed E-state index contributed by atoms with van der Waals surface area (Å²) in [6.07, 6.45) is 0. The summed E-state index contributed by atoms with van der Waals surface area (Å²) >= 11 is 5.99. The predicted octanol–water partition coefficient (Wildman–Crippen LogP) is 4.49. The van der Waals surface area contributed by atoms with Crippen molar-refractivity contribution >= 4 is 17.3 Å². The van der Waals surface area contributed by atoms with Crippen molar-refractivity contribution in [3.8, 4) is 22.8 Å². The second-order valence-corrected chi connectivity index (χ2v) is 5.45. The maximum Gasteiger partial charge on any atom is 0.271 e. The third-order valence-corrected chi connectivity index (χ3v) is 3.73. The van der Waals surface area contributed by atoms with E-state index in [1.165, 1.54) is 18.2 Å². The van der Waals surface area contributed by atoms with E-state index in [4.69, 9.17) is 25.6 Å². The van der Waals surface area contributed by atoms with Gasteiger partial charge in [0.1, 0.15) is 23.8 Å². The van der Waals surface area contributed by atoms with Crippen LogP contribution in [0.1, 0.15) is 5.76 Å². The molecule has 3 aromatic rings. The Morgan fingerprint density at radius 1 is 1.20 bits per heavy atom. The molecule has 25 heavy (non-hydrogen) atoms. The number of methoxy groups -OCH3 is 1. The Morgan fingerprint density at radius 3 is 2.72 bits per heavy atom. The van der Waals surface area contributed by atoms with Crippen molar-refractivity contribution < 1.29 is 18.9 Å². The van der Waals surface area contributed by atoms with Crippen LogP contribution in [0.25, 0.3) is 11.3 Å². The largest absolute Gasteiger partial charge is 0.496 e. The Hall–Kier alpha value is -3.06. The van der Waals surface area contributed by atoms with Gasteiger partial charge in [-0.05, 0) is 18.2 Å². The molecule has 0 aliphatic carbocycles. The van der Waals surface area contributed by atoms with Crippen LogP contribution in [-0.4, -0.2) is 17.2 Å². The molecular weight excluding hydrogens is 348 g/mol. The van der Waals surface area contributed by atoms with Crippen molar-refractivity contribution in [3.63, 3.8) is 0 Å². The molecule has 7 nitrogen and oxygen atoms in total. The van der Waals surface area contributed by atoms with E-state index >= 15 is 0 Å². The van der Waals surface area contributed by atoms with Gasteiger partial charge in [0.2, 0.25) is 0 Å². The molecule has 0 unspecified atom stereocenters. The zero-order valence-corrected chi connectivity index (χ0v) is 13.9. The van der Waals surface area contributed by atoms with Crippen LogP contribution in [0.3, 0.4) is 0 Å². The van der Waals surface area contributed by atoms with E-state index in [1.807, 2.05) is 24.3 Å².